The number of carboxylic acids is 1. The zero-order valence-electron chi connectivity index (χ0n) is 17.3. The first-order chi connectivity index (χ1) is 13.6. The van der Waals surface area contributed by atoms with Crippen molar-refractivity contribution < 1.29 is 14.7 Å². The van der Waals surface area contributed by atoms with Gasteiger partial charge in [0.25, 0.3) is 0 Å². The van der Waals surface area contributed by atoms with Gasteiger partial charge < -0.3 is 10.4 Å². The normalized spacial score (nSPS) is 12.7. The highest BCUT2D eigenvalue weighted by Crippen LogP contribution is 2.25. The van der Waals surface area contributed by atoms with Gasteiger partial charge in [-0.15, -0.1) is 0 Å². The number of amides is 1. The first-order valence-corrected chi connectivity index (χ1v) is 9.67. The van der Waals surface area contributed by atoms with Crippen molar-refractivity contribution in [2.45, 2.75) is 45.1 Å². The molecule has 0 saturated heterocycles. The number of carbonyl (C=O) groups excluding carboxylic acids is 1. The van der Waals surface area contributed by atoms with E-state index in [4.69, 9.17) is 0 Å². The topological polar surface area (TPSA) is 84.2 Å². The molecule has 0 saturated carbocycles. The van der Waals surface area contributed by atoms with Gasteiger partial charge in [0.1, 0.15) is 0 Å². The van der Waals surface area contributed by atoms with Crippen molar-refractivity contribution in [1.82, 2.24) is 15.1 Å². The molecule has 0 fully saturated rings. The predicted octanol–water partition coefficient (Wildman–Crippen LogP) is 3.75. The number of aromatic nitrogens is 2. The molecule has 0 bridgehead atoms. The molecule has 1 heterocycles. The lowest BCUT2D eigenvalue weighted by Crippen LogP contribution is -2.31. The SMILES string of the molecule is Cn1nc(CC(=O)NC(CC(=O)O)c2ccc(C(C)(C)C)cc2)c2ccccc21. The molecule has 152 valence electrons. The Kier molecular flexibility index (Phi) is 5.73. The fraction of sp³-hybridized carbons (Fsp3) is 0.348. The highest BCUT2D eigenvalue weighted by Gasteiger charge is 2.21. The molecular formula is C23H27N3O3. The molecule has 0 aliphatic carbocycles. The molecule has 2 N–H and O–H groups in total. The van der Waals surface area contributed by atoms with Crippen LogP contribution in [0, 0.1) is 0 Å². The molecule has 3 aromatic rings. The first kappa shape index (κ1) is 20.6. The fourth-order valence-corrected chi connectivity index (χ4v) is 3.46. The van der Waals surface area contributed by atoms with Gasteiger partial charge in [0.05, 0.1) is 30.1 Å². The van der Waals surface area contributed by atoms with E-state index >= 15 is 0 Å². The maximum atomic E-state index is 12.7. The number of hydrogen-bond acceptors (Lipinski definition) is 3. The molecule has 0 spiro atoms. The van der Waals surface area contributed by atoms with Crippen LogP contribution in [0.4, 0.5) is 0 Å². The summed E-state index contributed by atoms with van der Waals surface area (Å²) in [5.41, 5.74) is 3.57. The van der Waals surface area contributed by atoms with Crippen LogP contribution in [-0.4, -0.2) is 26.8 Å². The van der Waals surface area contributed by atoms with Crippen molar-refractivity contribution in [2.75, 3.05) is 0 Å². The summed E-state index contributed by atoms with van der Waals surface area (Å²) in [4.78, 5) is 24.1. The Bertz CT molecular complexity index is 1030. The van der Waals surface area contributed by atoms with E-state index in [1.54, 1.807) is 4.68 Å². The molecule has 1 unspecified atom stereocenters. The van der Waals surface area contributed by atoms with Gasteiger partial charge in [0.2, 0.25) is 5.91 Å². The molecule has 29 heavy (non-hydrogen) atoms. The average molecular weight is 393 g/mol. The lowest BCUT2D eigenvalue weighted by Gasteiger charge is -2.21. The maximum Gasteiger partial charge on any atom is 0.305 e. The summed E-state index contributed by atoms with van der Waals surface area (Å²) in [5, 5.41) is 17.6. The van der Waals surface area contributed by atoms with Gasteiger partial charge in [0.15, 0.2) is 0 Å². The van der Waals surface area contributed by atoms with Gasteiger partial charge in [0, 0.05) is 12.4 Å². The number of aliphatic carboxylic acids is 1. The van der Waals surface area contributed by atoms with Crippen molar-refractivity contribution in [3.8, 4) is 0 Å². The molecule has 6 nitrogen and oxygen atoms in total. The molecule has 0 radical (unpaired) electrons. The number of rotatable bonds is 6. The van der Waals surface area contributed by atoms with Gasteiger partial charge in [-0.1, -0.05) is 63.2 Å². The van der Waals surface area contributed by atoms with Crippen molar-refractivity contribution >= 4 is 22.8 Å². The molecule has 1 amide bonds. The third-order valence-electron chi connectivity index (χ3n) is 5.06. The van der Waals surface area contributed by atoms with Gasteiger partial charge in [-0.3, -0.25) is 14.3 Å². The lowest BCUT2D eigenvalue weighted by molar-refractivity contribution is -0.137. The molecular weight excluding hydrogens is 366 g/mol. The third-order valence-corrected chi connectivity index (χ3v) is 5.06. The van der Waals surface area contributed by atoms with Crippen molar-refractivity contribution in [3.05, 3.63) is 65.4 Å². The van der Waals surface area contributed by atoms with E-state index in [1.807, 2.05) is 55.6 Å². The Morgan fingerprint density at radius 2 is 1.76 bits per heavy atom. The second-order valence-corrected chi connectivity index (χ2v) is 8.35. The lowest BCUT2D eigenvalue weighted by atomic mass is 9.86. The van der Waals surface area contributed by atoms with Crippen LogP contribution in [0.2, 0.25) is 0 Å². The smallest absolute Gasteiger partial charge is 0.305 e. The number of carboxylic acid groups (broad SMARTS) is 1. The van der Waals surface area contributed by atoms with Crippen LogP contribution in [0.5, 0.6) is 0 Å². The highest BCUT2D eigenvalue weighted by molar-refractivity contribution is 5.88. The van der Waals surface area contributed by atoms with Gasteiger partial charge in [-0.05, 0) is 22.6 Å². The van der Waals surface area contributed by atoms with Crippen LogP contribution in [0.3, 0.4) is 0 Å². The molecule has 6 heteroatoms. The standard InChI is InChI=1S/C23H27N3O3/c1-23(2,3)16-11-9-15(10-12-16)18(14-22(28)29)24-21(27)13-19-17-7-5-6-8-20(17)26(4)25-19/h5-12,18H,13-14H2,1-4H3,(H,24,27)(H,28,29). The molecule has 0 aliphatic rings. The number of benzene rings is 2. The number of carbonyl (C=O) groups is 2. The van der Waals surface area contributed by atoms with Gasteiger partial charge >= 0.3 is 5.97 Å². The summed E-state index contributed by atoms with van der Waals surface area (Å²) in [7, 11) is 1.84. The summed E-state index contributed by atoms with van der Waals surface area (Å²) in [6, 6.07) is 14.9. The van der Waals surface area contributed by atoms with Crippen LogP contribution < -0.4 is 5.32 Å². The zero-order valence-corrected chi connectivity index (χ0v) is 17.3. The van der Waals surface area contributed by atoms with Crippen LogP contribution in [-0.2, 0) is 28.5 Å². The second kappa shape index (κ2) is 8.07. The van der Waals surface area contributed by atoms with Crippen molar-refractivity contribution in [3.63, 3.8) is 0 Å². The summed E-state index contributed by atoms with van der Waals surface area (Å²) < 4.78 is 1.75. The molecule has 1 aromatic heterocycles. The maximum absolute atomic E-state index is 12.7. The minimum Gasteiger partial charge on any atom is -0.481 e. The number of fused-ring (bicyclic) bond motifs is 1. The van der Waals surface area contributed by atoms with Crippen LogP contribution in [0.15, 0.2) is 48.5 Å². The summed E-state index contributed by atoms with van der Waals surface area (Å²) in [6.07, 6.45) is -0.0822. The second-order valence-electron chi connectivity index (χ2n) is 8.35. The number of aryl methyl sites for hydroxylation is 1. The summed E-state index contributed by atoms with van der Waals surface area (Å²) in [5.74, 6) is -1.21. The van der Waals surface area contributed by atoms with Crippen molar-refractivity contribution in [1.29, 1.82) is 0 Å². The van der Waals surface area contributed by atoms with E-state index in [2.05, 4.69) is 31.2 Å². The van der Waals surface area contributed by atoms with Gasteiger partial charge in [-0.25, -0.2) is 0 Å². The molecule has 1 atom stereocenters. The van der Waals surface area contributed by atoms with E-state index in [9.17, 15) is 14.7 Å². The van der Waals surface area contributed by atoms with Crippen LogP contribution in [0.1, 0.15) is 50.1 Å². The van der Waals surface area contributed by atoms with E-state index in [0.29, 0.717) is 5.69 Å². The van der Waals surface area contributed by atoms with Crippen LogP contribution in [0.25, 0.3) is 10.9 Å². The Labute approximate surface area is 170 Å². The third kappa shape index (κ3) is 4.83. The van der Waals surface area contributed by atoms with Gasteiger partial charge in [-0.2, -0.15) is 5.10 Å². The van der Waals surface area contributed by atoms with E-state index < -0.39 is 12.0 Å². The number of para-hydroxylation sites is 1. The Balaban J connectivity index is 1.79. The largest absolute Gasteiger partial charge is 0.481 e. The van der Waals surface area contributed by atoms with E-state index in [1.165, 1.54) is 0 Å². The molecule has 3 rings (SSSR count). The Morgan fingerprint density at radius 3 is 2.38 bits per heavy atom. The Morgan fingerprint density at radius 1 is 1.10 bits per heavy atom. The monoisotopic (exact) mass is 393 g/mol. The number of hydrogen-bond donors (Lipinski definition) is 2. The average Bonchev–Trinajstić information content (AvgIpc) is 2.96. The van der Waals surface area contributed by atoms with Crippen LogP contribution >= 0.6 is 0 Å². The van der Waals surface area contributed by atoms with E-state index in [-0.39, 0.29) is 24.2 Å². The zero-order chi connectivity index (χ0) is 21.2. The first-order valence-electron chi connectivity index (χ1n) is 9.67. The summed E-state index contributed by atoms with van der Waals surface area (Å²) >= 11 is 0. The van der Waals surface area contributed by atoms with E-state index in [0.717, 1.165) is 22.0 Å². The Hall–Kier alpha value is -3.15. The quantitative estimate of drug-likeness (QED) is 0.668. The predicted molar refractivity (Wildman–Crippen MR) is 113 cm³/mol. The number of nitrogens with zero attached hydrogens (tertiary/aromatic N) is 2. The molecule has 2 aromatic carbocycles. The minimum atomic E-state index is -0.960. The highest BCUT2D eigenvalue weighted by atomic mass is 16.4. The summed E-state index contributed by atoms with van der Waals surface area (Å²) in [6.45, 7) is 6.36. The van der Waals surface area contributed by atoms with Crippen molar-refractivity contribution in [2.24, 2.45) is 7.05 Å². The fourth-order valence-electron chi connectivity index (χ4n) is 3.46. The molecule has 0 aliphatic heterocycles. The number of nitrogens with one attached hydrogen (secondary N) is 1. The minimum absolute atomic E-state index is 0.00408.